The first-order chi connectivity index (χ1) is 15.3. The van der Waals surface area contributed by atoms with Gasteiger partial charge < -0.3 is 19.4 Å². The lowest BCUT2D eigenvalue weighted by atomic mass is 10.1. The Morgan fingerprint density at radius 3 is 2.69 bits per heavy atom. The number of para-hydroxylation sites is 2. The molecule has 0 spiro atoms. The van der Waals surface area contributed by atoms with Gasteiger partial charge in [0, 0.05) is 17.1 Å². The van der Waals surface area contributed by atoms with Gasteiger partial charge in [-0.2, -0.15) is 0 Å². The van der Waals surface area contributed by atoms with Crippen LogP contribution in [0.15, 0.2) is 47.6 Å². The van der Waals surface area contributed by atoms with Crippen molar-refractivity contribution >= 4 is 40.9 Å². The number of hydrogen-bond acceptors (Lipinski definition) is 6. The third-order valence-electron chi connectivity index (χ3n) is 5.10. The third kappa shape index (κ3) is 4.82. The molecular formula is C22H22Cl2N4O3S. The van der Waals surface area contributed by atoms with Crippen molar-refractivity contribution in [1.82, 2.24) is 20.1 Å². The SMILES string of the molecule is C[C@H](Sc1nnc([C@H]2COc3ccccc3O2)n1C)C(=O)N[C@@H](C)c1ccc(Cl)cc1Cl. The van der Waals surface area contributed by atoms with Crippen molar-refractivity contribution < 1.29 is 14.3 Å². The first kappa shape index (κ1) is 22.8. The van der Waals surface area contributed by atoms with Crippen LogP contribution in [0.4, 0.5) is 0 Å². The van der Waals surface area contributed by atoms with E-state index in [-0.39, 0.29) is 18.1 Å². The summed E-state index contributed by atoms with van der Waals surface area (Å²) in [5, 5.41) is 12.8. The van der Waals surface area contributed by atoms with Crippen molar-refractivity contribution in [3.8, 4) is 11.5 Å². The Labute approximate surface area is 200 Å². The van der Waals surface area contributed by atoms with E-state index < -0.39 is 5.25 Å². The lowest BCUT2D eigenvalue weighted by Gasteiger charge is -2.25. The van der Waals surface area contributed by atoms with E-state index in [1.165, 1.54) is 11.8 Å². The summed E-state index contributed by atoms with van der Waals surface area (Å²) in [6.07, 6.45) is -0.382. The van der Waals surface area contributed by atoms with Crippen LogP contribution in [0.25, 0.3) is 0 Å². The number of carbonyl (C=O) groups excluding carboxylic acids is 1. The van der Waals surface area contributed by atoms with Gasteiger partial charge in [0.2, 0.25) is 5.91 Å². The lowest BCUT2D eigenvalue weighted by Crippen LogP contribution is -2.33. The second kappa shape index (κ2) is 9.60. The molecule has 1 amide bonds. The number of amides is 1. The molecule has 10 heteroatoms. The molecule has 0 fully saturated rings. The van der Waals surface area contributed by atoms with Crippen LogP contribution in [-0.4, -0.2) is 32.5 Å². The molecule has 1 aliphatic heterocycles. The zero-order valence-electron chi connectivity index (χ0n) is 17.7. The third-order valence-corrected chi connectivity index (χ3v) is 6.80. The molecule has 0 aliphatic carbocycles. The zero-order valence-corrected chi connectivity index (χ0v) is 20.0. The van der Waals surface area contributed by atoms with E-state index in [4.69, 9.17) is 32.7 Å². The number of ether oxygens (including phenoxy) is 2. The number of thioether (sulfide) groups is 1. The summed E-state index contributed by atoms with van der Waals surface area (Å²) in [6, 6.07) is 12.5. The smallest absolute Gasteiger partial charge is 0.233 e. The predicted molar refractivity (Wildman–Crippen MR) is 125 cm³/mol. The highest BCUT2D eigenvalue weighted by atomic mass is 35.5. The fraction of sp³-hybridized carbons (Fsp3) is 0.318. The minimum Gasteiger partial charge on any atom is -0.485 e. The van der Waals surface area contributed by atoms with E-state index in [1.54, 1.807) is 12.1 Å². The number of halogens is 2. The quantitative estimate of drug-likeness (QED) is 0.488. The Hall–Kier alpha value is -2.42. The average molecular weight is 493 g/mol. The summed E-state index contributed by atoms with van der Waals surface area (Å²) in [4.78, 5) is 12.8. The normalized spacial score (nSPS) is 17.0. The van der Waals surface area contributed by atoms with Gasteiger partial charge in [-0.3, -0.25) is 4.79 Å². The highest BCUT2D eigenvalue weighted by molar-refractivity contribution is 8.00. The number of rotatable bonds is 6. The van der Waals surface area contributed by atoms with Gasteiger partial charge >= 0.3 is 0 Å². The molecule has 7 nitrogen and oxygen atoms in total. The lowest BCUT2D eigenvalue weighted by molar-refractivity contribution is -0.120. The topological polar surface area (TPSA) is 78.3 Å². The van der Waals surface area contributed by atoms with E-state index in [1.807, 2.05) is 55.8 Å². The maximum atomic E-state index is 12.8. The molecule has 0 unspecified atom stereocenters. The molecule has 2 heterocycles. The van der Waals surface area contributed by atoms with Crippen molar-refractivity contribution in [2.75, 3.05) is 6.61 Å². The Kier molecular flexibility index (Phi) is 6.83. The Bertz CT molecular complexity index is 1140. The highest BCUT2D eigenvalue weighted by Gasteiger charge is 2.28. The van der Waals surface area contributed by atoms with Crippen molar-refractivity contribution in [2.24, 2.45) is 7.05 Å². The number of nitrogens with one attached hydrogen (secondary N) is 1. The molecule has 168 valence electrons. The van der Waals surface area contributed by atoms with Crippen molar-refractivity contribution in [3.63, 3.8) is 0 Å². The number of benzene rings is 2. The van der Waals surface area contributed by atoms with Gasteiger partial charge in [0.05, 0.1) is 11.3 Å². The summed E-state index contributed by atoms with van der Waals surface area (Å²) in [5.74, 6) is 1.88. The van der Waals surface area contributed by atoms with Crippen LogP contribution >= 0.6 is 35.0 Å². The maximum Gasteiger partial charge on any atom is 0.233 e. The minimum atomic E-state index is -0.400. The van der Waals surface area contributed by atoms with E-state index in [2.05, 4.69) is 15.5 Å². The van der Waals surface area contributed by atoms with E-state index in [0.717, 1.165) is 5.56 Å². The molecule has 3 aromatic rings. The highest BCUT2D eigenvalue weighted by Crippen LogP contribution is 2.36. The molecule has 0 bridgehead atoms. The molecule has 1 aliphatic rings. The van der Waals surface area contributed by atoms with Gasteiger partial charge in [0.25, 0.3) is 0 Å². The number of carbonyl (C=O) groups is 1. The summed E-state index contributed by atoms with van der Waals surface area (Å²) >= 11 is 13.5. The molecule has 32 heavy (non-hydrogen) atoms. The molecule has 3 atom stereocenters. The number of fused-ring (bicyclic) bond motifs is 1. The van der Waals surface area contributed by atoms with Crippen LogP contribution in [0.3, 0.4) is 0 Å². The van der Waals surface area contributed by atoms with Crippen LogP contribution in [-0.2, 0) is 11.8 Å². The maximum absolute atomic E-state index is 12.8. The van der Waals surface area contributed by atoms with Gasteiger partial charge in [-0.05, 0) is 43.7 Å². The number of aromatic nitrogens is 3. The summed E-state index contributed by atoms with van der Waals surface area (Å²) < 4.78 is 13.6. The molecular weight excluding hydrogens is 471 g/mol. The van der Waals surface area contributed by atoms with Crippen molar-refractivity contribution in [3.05, 3.63) is 63.9 Å². The zero-order chi connectivity index (χ0) is 22.8. The first-order valence-corrected chi connectivity index (χ1v) is 11.7. The molecule has 0 saturated heterocycles. The van der Waals surface area contributed by atoms with Crippen LogP contribution in [0.2, 0.25) is 10.0 Å². The Morgan fingerprint density at radius 2 is 1.94 bits per heavy atom. The van der Waals surface area contributed by atoms with Crippen molar-refractivity contribution in [2.45, 2.75) is 36.4 Å². The molecule has 1 aromatic heterocycles. The average Bonchev–Trinajstić information content (AvgIpc) is 3.13. The van der Waals surface area contributed by atoms with Gasteiger partial charge in [-0.25, -0.2) is 0 Å². The van der Waals surface area contributed by atoms with Gasteiger partial charge in [-0.15, -0.1) is 10.2 Å². The second-order valence-corrected chi connectivity index (χ2v) is 9.57. The van der Waals surface area contributed by atoms with Crippen molar-refractivity contribution in [1.29, 1.82) is 0 Å². The Balaban J connectivity index is 1.40. The largest absolute Gasteiger partial charge is 0.485 e. The van der Waals surface area contributed by atoms with Gasteiger partial charge in [0.1, 0.15) is 6.61 Å². The van der Waals surface area contributed by atoms with E-state index in [9.17, 15) is 4.79 Å². The van der Waals surface area contributed by atoms with Crippen LogP contribution in [0.5, 0.6) is 11.5 Å². The van der Waals surface area contributed by atoms with Gasteiger partial charge in [0.15, 0.2) is 28.6 Å². The molecule has 2 aromatic carbocycles. The van der Waals surface area contributed by atoms with Gasteiger partial charge in [-0.1, -0.05) is 53.2 Å². The fourth-order valence-electron chi connectivity index (χ4n) is 3.33. The van der Waals surface area contributed by atoms with Crippen LogP contribution in [0.1, 0.15) is 37.4 Å². The van der Waals surface area contributed by atoms with Crippen LogP contribution in [0, 0.1) is 0 Å². The monoisotopic (exact) mass is 492 g/mol. The molecule has 4 rings (SSSR count). The molecule has 0 saturated carbocycles. The summed E-state index contributed by atoms with van der Waals surface area (Å²) in [7, 11) is 1.85. The molecule has 0 radical (unpaired) electrons. The fourth-order valence-corrected chi connectivity index (χ4v) is 4.73. The first-order valence-electron chi connectivity index (χ1n) is 10.0. The number of nitrogens with zero attached hydrogens (tertiary/aromatic N) is 3. The summed E-state index contributed by atoms with van der Waals surface area (Å²) in [6.45, 7) is 4.03. The Morgan fingerprint density at radius 1 is 1.19 bits per heavy atom. The predicted octanol–water partition coefficient (Wildman–Crippen LogP) is 4.99. The standard InChI is InChI=1S/C22H22Cl2N4O3S/c1-12(15-9-8-14(23)10-16(15)24)25-21(29)13(2)32-22-27-26-20(28(22)3)19-11-30-17-6-4-5-7-18(17)31-19/h4-10,12-13,19H,11H2,1-3H3,(H,25,29)/t12-,13-,19+/m0/s1. The van der Waals surface area contributed by atoms with E-state index in [0.29, 0.717) is 39.1 Å². The number of hydrogen-bond donors (Lipinski definition) is 1. The summed E-state index contributed by atoms with van der Waals surface area (Å²) in [5.41, 5.74) is 0.803. The minimum absolute atomic E-state index is 0.135. The molecule has 1 N–H and O–H groups in total. The van der Waals surface area contributed by atoms with E-state index >= 15 is 0 Å². The van der Waals surface area contributed by atoms with Crippen LogP contribution < -0.4 is 14.8 Å². The second-order valence-electron chi connectivity index (χ2n) is 7.42.